The Morgan fingerprint density at radius 1 is 1.38 bits per heavy atom. The van der Waals surface area contributed by atoms with Crippen LogP contribution in [0, 0.1) is 5.92 Å². The zero-order valence-corrected chi connectivity index (χ0v) is 15.8. The predicted octanol–water partition coefficient (Wildman–Crippen LogP) is 2.40. The summed E-state index contributed by atoms with van der Waals surface area (Å²) in [5.74, 6) is 1.59. The van der Waals surface area contributed by atoms with Crippen molar-refractivity contribution in [2.45, 2.75) is 52.1 Å². The maximum Gasteiger partial charge on any atom is 0.191 e. The van der Waals surface area contributed by atoms with E-state index in [1.165, 1.54) is 25.7 Å². The Bertz CT molecular complexity index is 420. The molecule has 2 N–H and O–H groups in total. The standard InChI is InChI=1S/C19H36N4O/c1-16(2)14-23-11-12-24-18(15-23)13-22-19(20-3)21-10-9-17-7-5-4-6-8-17/h7,16,18H,4-6,8-15H2,1-3H3,(H2,20,21,22). The van der Waals surface area contributed by atoms with Gasteiger partial charge in [-0.05, 0) is 38.0 Å². The van der Waals surface area contributed by atoms with Crippen molar-refractivity contribution in [3.05, 3.63) is 11.6 Å². The molecule has 0 saturated carbocycles. The van der Waals surface area contributed by atoms with E-state index in [0.29, 0.717) is 5.92 Å². The van der Waals surface area contributed by atoms with Crippen LogP contribution in [0.25, 0.3) is 0 Å². The van der Waals surface area contributed by atoms with Gasteiger partial charge in [0.15, 0.2) is 5.96 Å². The number of morpholine rings is 1. The van der Waals surface area contributed by atoms with Crippen LogP contribution in [0.15, 0.2) is 16.6 Å². The fraction of sp³-hybridized carbons (Fsp3) is 0.842. The summed E-state index contributed by atoms with van der Waals surface area (Å²) in [5, 5.41) is 6.85. The van der Waals surface area contributed by atoms with Crippen LogP contribution in [0.3, 0.4) is 0 Å². The molecule has 2 rings (SSSR count). The highest BCUT2D eigenvalue weighted by Crippen LogP contribution is 2.19. The zero-order valence-electron chi connectivity index (χ0n) is 15.8. The predicted molar refractivity (Wildman–Crippen MR) is 102 cm³/mol. The highest BCUT2D eigenvalue weighted by Gasteiger charge is 2.21. The van der Waals surface area contributed by atoms with Gasteiger partial charge in [-0.2, -0.15) is 0 Å². The molecule has 2 aliphatic rings. The van der Waals surface area contributed by atoms with Crippen molar-refractivity contribution in [3.63, 3.8) is 0 Å². The van der Waals surface area contributed by atoms with E-state index in [1.807, 2.05) is 7.05 Å². The molecule has 1 saturated heterocycles. The lowest BCUT2D eigenvalue weighted by Crippen LogP contribution is -2.50. The van der Waals surface area contributed by atoms with E-state index in [2.05, 4.69) is 40.4 Å². The van der Waals surface area contributed by atoms with Crippen LogP contribution in [0.4, 0.5) is 0 Å². The molecular formula is C19H36N4O. The van der Waals surface area contributed by atoms with Crippen LogP contribution in [-0.2, 0) is 4.74 Å². The fourth-order valence-electron chi connectivity index (χ4n) is 3.49. The summed E-state index contributed by atoms with van der Waals surface area (Å²) in [5.41, 5.74) is 1.60. The van der Waals surface area contributed by atoms with Gasteiger partial charge in [-0.25, -0.2) is 0 Å². The Labute approximate surface area is 147 Å². The highest BCUT2D eigenvalue weighted by molar-refractivity contribution is 5.79. The summed E-state index contributed by atoms with van der Waals surface area (Å²) in [7, 11) is 1.84. The van der Waals surface area contributed by atoms with E-state index in [1.54, 1.807) is 5.57 Å². The zero-order chi connectivity index (χ0) is 17.2. The second kappa shape index (κ2) is 10.7. The molecule has 1 fully saturated rings. The van der Waals surface area contributed by atoms with Gasteiger partial charge >= 0.3 is 0 Å². The normalized spacial score (nSPS) is 23.2. The third-order valence-corrected chi connectivity index (χ3v) is 4.69. The van der Waals surface area contributed by atoms with Crippen LogP contribution in [0.1, 0.15) is 46.0 Å². The molecular weight excluding hydrogens is 300 g/mol. The first kappa shape index (κ1) is 19.3. The molecule has 1 atom stereocenters. The van der Waals surface area contributed by atoms with Crippen LogP contribution in [-0.4, -0.2) is 63.3 Å². The molecule has 0 amide bonds. The van der Waals surface area contributed by atoms with Gasteiger partial charge in [0.1, 0.15) is 0 Å². The van der Waals surface area contributed by atoms with Crippen LogP contribution >= 0.6 is 0 Å². The number of aliphatic imine (C=N–C) groups is 1. The minimum Gasteiger partial charge on any atom is -0.374 e. The monoisotopic (exact) mass is 336 g/mol. The van der Waals surface area contributed by atoms with Crippen LogP contribution < -0.4 is 10.6 Å². The molecule has 0 aromatic rings. The number of guanidine groups is 1. The SMILES string of the molecule is CN=C(NCCC1=CCCCC1)NCC1CN(CC(C)C)CCO1. The van der Waals surface area contributed by atoms with Gasteiger partial charge in [-0.3, -0.25) is 9.89 Å². The summed E-state index contributed by atoms with van der Waals surface area (Å²) >= 11 is 0. The third-order valence-electron chi connectivity index (χ3n) is 4.69. The first-order chi connectivity index (χ1) is 11.7. The number of rotatable bonds is 7. The van der Waals surface area contributed by atoms with Crippen LogP contribution in [0.5, 0.6) is 0 Å². The molecule has 1 aliphatic carbocycles. The first-order valence-electron chi connectivity index (χ1n) is 9.63. The van der Waals surface area contributed by atoms with Gasteiger partial charge in [-0.1, -0.05) is 25.5 Å². The molecule has 0 aromatic carbocycles. The smallest absolute Gasteiger partial charge is 0.191 e. The Hall–Kier alpha value is -1.07. The molecule has 1 unspecified atom stereocenters. The topological polar surface area (TPSA) is 48.9 Å². The van der Waals surface area contributed by atoms with E-state index in [4.69, 9.17) is 4.74 Å². The van der Waals surface area contributed by atoms with Crippen molar-refractivity contribution >= 4 is 5.96 Å². The lowest BCUT2D eigenvalue weighted by atomic mass is 9.97. The van der Waals surface area contributed by atoms with Gasteiger partial charge < -0.3 is 15.4 Å². The van der Waals surface area contributed by atoms with Crippen molar-refractivity contribution in [1.82, 2.24) is 15.5 Å². The quantitative estimate of drug-likeness (QED) is 0.426. The number of nitrogens with zero attached hydrogens (tertiary/aromatic N) is 2. The maximum absolute atomic E-state index is 5.89. The molecule has 0 radical (unpaired) electrons. The Balaban J connectivity index is 1.64. The number of hydrogen-bond donors (Lipinski definition) is 2. The highest BCUT2D eigenvalue weighted by atomic mass is 16.5. The molecule has 24 heavy (non-hydrogen) atoms. The number of nitrogens with one attached hydrogen (secondary N) is 2. The summed E-state index contributed by atoms with van der Waals surface area (Å²) in [6, 6.07) is 0. The lowest BCUT2D eigenvalue weighted by molar-refractivity contribution is -0.0284. The molecule has 1 heterocycles. The average molecular weight is 337 g/mol. The van der Waals surface area contributed by atoms with Crippen molar-refractivity contribution in [2.75, 3.05) is 46.4 Å². The third kappa shape index (κ3) is 7.22. The number of hydrogen-bond acceptors (Lipinski definition) is 3. The second-order valence-corrected chi connectivity index (χ2v) is 7.38. The van der Waals surface area contributed by atoms with Crippen molar-refractivity contribution < 1.29 is 4.74 Å². The average Bonchev–Trinajstić information content (AvgIpc) is 2.58. The fourth-order valence-corrected chi connectivity index (χ4v) is 3.49. The largest absolute Gasteiger partial charge is 0.374 e. The molecule has 1 aliphatic heterocycles. The number of allylic oxidation sites excluding steroid dienone is 1. The van der Waals surface area contributed by atoms with Gasteiger partial charge in [0, 0.05) is 39.8 Å². The Kier molecular flexibility index (Phi) is 8.60. The van der Waals surface area contributed by atoms with E-state index in [0.717, 1.165) is 51.7 Å². The van der Waals surface area contributed by atoms with Gasteiger partial charge in [0.2, 0.25) is 0 Å². The summed E-state index contributed by atoms with van der Waals surface area (Å²) in [6.07, 6.45) is 9.03. The lowest BCUT2D eigenvalue weighted by Gasteiger charge is -2.34. The molecule has 0 spiro atoms. The minimum absolute atomic E-state index is 0.247. The van der Waals surface area contributed by atoms with E-state index >= 15 is 0 Å². The summed E-state index contributed by atoms with van der Waals surface area (Å²) in [4.78, 5) is 6.83. The molecule has 138 valence electrons. The van der Waals surface area contributed by atoms with Gasteiger partial charge in [0.25, 0.3) is 0 Å². The minimum atomic E-state index is 0.247. The molecule has 0 aromatic heterocycles. The Morgan fingerprint density at radius 2 is 2.25 bits per heavy atom. The van der Waals surface area contributed by atoms with E-state index < -0.39 is 0 Å². The van der Waals surface area contributed by atoms with Crippen molar-refractivity contribution in [3.8, 4) is 0 Å². The van der Waals surface area contributed by atoms with Crippen LogP contribution in [0.2, 0.25) is 0 Å². The van der Waals surface area contributed by atoms with Gasteiger partial charge in [-0.15, -0.1) is 0 Å². The molecule has 5 heteroatoms. The maximum atomic E-state index is 5.89. The number of ether oxygens (including phenoxy) is 1. The first-order valence-corrected chi connectivity index (χ1v) is 9.63. The van der Waals surface area contributed by atoms with Crippen molar-refractivity contribution in [2.24, 2.45) is 10.9 Å². The molecule has 0 bridgehead atoms. The second-order valence-electron chi connectivity index (χ2n) is 7.38. The van der Waals surface area contributed by atoms with E-state index in [9.17, 15) is 0 Å². The van der Waals surface area contributed by atoms with Crippen molar-refractivity contribution in [1.29, 1.82) is 0 Å². The van der Waals surface area contributed by atoms with E-state index in [-0.39, 0.29) is 6.10 Å². The Morgan fingerprint density at radius 3 is 2.96 bits per heavy atom. The van der Waals surface area contributed by atoms with Gasteiger partial charge in [0.05, 0.1) is 12.7 Å². The summed E-state index contributed by atoms with van der Waals surface area (Å²) < 4.78 is 5.89. The summed E-state index contributed by atoms with van der Waals surface area (Å²) in [6.45, 7) is 10.4. The molecule has 5 nitrogen and oxygen atoms in total.